The normalized spacial score (nSPS) is 16.3. The van der Waals surface area contributed by atoms with Crippen LogP contribution in [0.5, 0.6) is 11.5 Å². The summed E-state index contributed by atoms with van der Waals surface area (Å²) in [6, 6.07) is 4.50. The topological polar surface area (TPSA) is 81.6 Å². The summed E-state index contributed by atoms with van der Waals surface area (Å²) in [5, 5.41) is 24.9. The van der Waals surface area contributed by atoms with Gasteiger partial charge in [-0.05, 0) is 38.0 Å². The van der Waals surface area contributed by atoms with Gasteiger partial charge in [0.2, 0.25) is 5.91 Å². The Hall–Kier alpha value is -1.75. The highest BCUT2D eigenvalue weighted by atomic mass is 16.3. The third-order valence-electron chi connectivity index (χ3n) is 2.99. The fourth-order valence-electron chi connectivity index (χ4n) is 1.75. The van der Waals surface area contributed by atoms with Gasteiger partial charge in [0.15, 0.2) is 0 Å². The maximum absolute atomic E-state index is 11.5. The van der Waals surface area contributed by atoms with E-state index in [0.717, 1.165) is 12.8 Å². The Balaban J connectivity index is 1.87. The molecule has 0 aliphatic heterocycles. The number of aromatic hydroxyl groups is 2. The molecule has 1 aromatic carbocycles. The smallest absolute Gasteiger partial charge is 0.234 e. The number of carbonyl (C=O) groups excluding carboxylic acids is 1. The molecule has 0 heterocycles. The summed E-state index contributed by atoms with van der Waals surface area (Å²) in [5.41, 5.74) is 0.578. The van der Waals surface area contributed by atoms with E-state index in [4.69, 9.17) is 0 Å². The van der Waals surface area contributed by atoms with Crippen LogP contribution in [0.25, 0.3) is 0 Å². The monoisotopic (exact) mass is 250 g/mol. The van der Waals surface area contributed by atoms with Crippen molar-refractivity contribution < 1.29 is 15.0 Å². The van der Waals surface area contributed by atoms with Crippen molar-refractivity contribution in [1.29, 1.82) is 0 Å². The van der Waals surface area contributed by atoms with E-state index in [2.05, 4.69) is 10.6 Å². The molecule has 0 bridgehead atoms. The van der Waals surface area contributed by atoms with Gasteiger partial charge in [-0.3, -0.25) is 4.79 Å². The first-order valence-corrected chi connectivity index (χ1v) is 6.11. The molecule has 1 unspecified atom stereocenters. The van der Waals surface area contributed by atoms with Crippen LogP contribution in [0, 0.1) is 0 Å². The fraction of sp³-hybridized carbons (Fsp3) is 0.462. The average Bonchev–Trinajstić information content (AvgIpc) is 3.13. The molecule has 2 rings (SSSR count). The number of phenolic OH excluding ortho intramolecular Hbond substituents is 2. The molecule has 0 radical (unpaired) electrons. The second-order valence-corrected chi connectivity index (χ2v) is 4.69. The van der Waals surface area contributed by atoms with Gasteiger partial charge in [0.25, 0.3) is 0 Å². The number of hydrogen-bond donors (Lipinski definition) is 4. The highest BCUT2D eigenvalue weighted by Gasteiger charge is 2.23. The van der Waals surface area contributed by atoms with Crippen LogP contribution in [0.4, 0.5) is 0 Å². The van der Waals surface area contributed by atoms with Gasteiger partial charge in [-0.15, -0.1) is 0 Å². The molecular formula is C13H18N2O3. The molecule has 1 aliphatic carbocycles. The first-order valence-electron chi connectivity index (χ1n) is 6.11. The van der Waals surface area contributed by atoms with Gasteiger partial charge in [0.1, 0.15) is 11.5 Å². The molecule has 4 N–H and O–H groups in total. The van der Waals surface area contributed by atoms with Crippen LogP contribution in [0.3, 0.4) is 0 Å². The minimum absolute atomic E-state index is 0.0380. The predicted octanol–water partition coefficient (Wildman–Crippen LogP) is 1.03. The van der Waals surface area contributed by atoms with E-state index in [0.29, 0.717) is 11.6 Å². The largest absolute Gasteiger partial charge is 0.508 e. The summed E-state index contributed by atoms with van der Waals surface area (Å²) in [7, 11) is 0. The number of nitrogens with one attached hydrogen (secondary N) is 2. The molecule has 1 aliphatic rings. The van der Waals surface area contributed by atoms with E-state index < -0.39 is 0 Å². The molecule has 1 saturated carbocycles. The number of hydrogen-bond acceptors (Lipinski definition) is 4. The molecular weight excluding hydrogens is 232 g/mol. The van der Waals surface area contributed by atoms with E-state index in [1.807, 2.05) is 6.92 Å². The molecule has 5 nitrogen and oxygen atoms in total. The zero-order valence-corrected chi connectivity index (χ0v) is 10.3. The van der Waals surface area contributed by atoms with Crippen molar-refractivity contribution in [1.82, 2.24) is 10.6 Å². The first-order chi connectivity index (χ1) is 8.56. The Kier molecular flexibility index (Phi) is 3.72. The molecule has 0 aromatic heterocycles. The summed E-state index contributed by atoms with van der Waals surface area (Å²) < 4.78 is 0. The quantitative estimate of drug-likeness (QED) is 0.588. The lowest BCUT2D eigenvalue weighted by Gasteiger charge is -2.15. The van der Waals surface area contributed by atoms with Crippen molar-refractivity contribution in [2.75, 3.05) is 6.54 Å². The van der Waals surface area contributed by atoms with E-state index >= 15 is 0 Å². The lowest BCUT2D eigenvalue weighted by molar-refractivity contribution is -0.120. The van der Waals surface area contributed by atoms with Crippen molar-refractivity contribution >= 4 is 5.91 Å². The van der Waals surface area contributed by atoms with Gasteiger partial charge in [-0.1, -0.05) is 0 Å². The summed E-state index contributed by atoms with van der Waals surface area (Å²) in [6.45, 7) is 2.03. The predicted molar refractivity (Wildman–Crippen MR) is 67.4 cm³/mol. The maximum Gasteiger partial charge on any atom is 0.234 e. The van der Waals surface area contributed by atoms with Crippen LogP contribution >= 0.6 is 0 Å². The van der Waals surface area contributed by atoms with Crippen molar-refractivity contribution in [3.63, 3.8) is 0 Å². The standard InChI is InChI=1S/C13H18N2O3/c1-8(11-6-10(16)4-5-12(11)17)14-7-13(18)15-9-2-3-9/h4-6,8-9,14,16-17H,2-3,7H2,1H3,(H,15,18). The second kappa shape index (κ2) is 5.27. The summed E-state index contributed by atoms with van der Waals surface area (Å²) >= 11 is 0. The van der Waals surface area contributed by atoms with Gasteiger partial charge in [-0.2, -0.15) is 0 Å². The number of benzene rings is 1. The zero-order valence-electron chi connectivity index (χ0n) is 10.3. The van der Waals surface area contributed by atoms with Crippen LogP contribution < -0.4 is 10.6 Å². The number of rotatable bonds is 5. The molecule has 18 heavy (non-hydrogen) atoms. The van der Waals surface area contributed by atoms with Crippen LogP contribution in [0.2, 0.25) is 0 Å². The van der Waals surface area contributed by atoms with Crippen molar-refractivity contribution in [3.8, 4) is 11.5 Å². The van der Waals surface area contributed by atoms with Crippen molar-refractivity contribution in [2.45, 2.75) is 31.8 Å². The van der Waals surface area contributed by atoms with Gasteiger partial charge in [-0.25, -0.2) is 0 Å². The minimum atomic E-state index is -0.206. The van der Waals surface area contributed by atoms with Gasteiger partial charge in [0.05, 0.1) is 6.54 Å². The SMILES string of the molecule is CC(NCC(=O)NC1CC1)c1cc(O)ccc1O. The van der Waals surface area contributed by atoms with Gasteiger partial charge >= 0.3 is 0 Å². The average molecular weight is 250 g/mol. The van der Waals surface area contributed by atoms with E-state index in [1.165, 1.54) is 18.2 Å². The highest BCUT2D eigenvalue weighted by Crippen LogP contribution is 2.27. The zero-order chi connectivity index (χ0) is 13.1. The maximum atomic E-state index is 11.5. The van der Waals surface area contributed by atoms with Crippen LogP contribution in [-0.4, -0.2) is 28.7 Å². The molecule has 1 atom stereocenters. The number of phenols is 2. The molecule has 1 aromatic rings. The van der Waals surface area contributed by atoms with E-state index in [9.17, 15) is 15.0 Å². The summed E-state index contributed by atoms with van der Waals surface area (Å²) in [6.07, 6.45) is 2.13. The second-order valence-electron chi connectivity index (χ2n) is 4.69. The Bertz CT molecular complexity index is 444. The Morgan fingerprint density at radius 2 is 2.17 bits per heavy atom. The number of amides is 1. The molecule has 0 saturated heterocycles. The molecule has 0 spiro atoms. The minimum Gasteiger partial charge on any atom is -0.508 e. The summed E-state index contributed by atoms with van der Waals surface area (Å²) in [5.74, 6) is 0.165. The lowest BCUT2D eigenvalue weighted by Crippen LogP contribution is -2.36. The van der Waals surface area contributed by atoms with Gasteiger partial charge < -0.3 is 20.8 Å². The van der Waals surface area contributed by atoms with Crippen LogP contribution in [0.1, 0.15) is 31.4 Å². The Morgan fingerprint density at radius 1 is 1.44 bits per heavy atom. The Morgan fingerprint density at radius 3 is 2.83 bits per heavy atom. The summed E-state index contributed by atoms with van der Waals surface area (Å²) in [4.78, 5) is 11.5. The molecule has 98 valence electrons. The van der Waals surface area contributed by atoms with Gasteiger partial charge in [0, 0.05) is 17.6 Å². The molecule has 1 fully saturated rings. The van der Waals surface area contributed by atoms with Crippen LogP contribution in [-0.2, 0) is 4.79 Å². The highest BCUT2D eigenvalue weighted by molar-refractivity contribution is 5.78. The van der Waals surface area contributed by atoms with E-state index in [1.54, 1.807) is 0 Å². The molecule has 1 amide bonds. The Labute approximate surface area is 106 Å². The fourth-order valence-corrected chi connectivity index (χ4v) is 1.75. The lowest BCUT2D eigenvalue weighted by atomic mass is 10.1. The van der Waals surface area contributed by atoms with Crippen LogP contribution in [0.15, 0.2) is 18.2 Å². The van der Waals surface area contributed by atoms with Crippen molar-refractivity contribution in [3.05, 3.63) is 23.8 Å². The third kappa shape index (κ3) is 3.37. The van der Waals surface area contributed by atoms with Crippen molar-refractivity contribution in [2.24, 2.45) is 0 Å². The first kappa shape index (κ1) is 12.7. The number of carbonyl (C=O) groups is 1. The molecule has 5 heteroatoms. The van der Waals surface area contributed by atoms with E-state index in [-0.39, 0.29) is 30.0 Å². The third-order valence-corrected chi connectivity index (χ3v) is 2.99.